The molecule has 1 unspecified atom stereocenters. The summed E-state index contributed by atoms with van der Waals surface area (Å²) in [6, 6.07) is 6.36. The Kier molecular flexibility index (Phi) is 3.94. The minimum absolute atomic E-state index is 0.621. The number of aliphatic hydroxyl groups is 1. The van der Waals surface area contributed by atoms with E-state index in [2.05, 4.69) is 40.1 Å². The van der Waals surface area contributed by atoms with Crippen LogP contribution in [0.2, 0.25) is 0 Å². The number of hydrogen-bond donors (Lipinski definition) is 1. The second-order valence-corrected chi connectivity index (χ2v) is 6.24. The molecule has 0 bridgehead atoms. The Labute approximate surface area is 127 Å². The van der Waals surface area contributed by atoms with E-state index in [0.29, 0.717) is 0 Å². The van der Waals surface area contributed by atoms with Crippen LogP contribution in [0.25, 0.3) is 0 Å². The van der Waals surface area contributed by atoms with Crippen LogP contribution in [0, 0.1) is 0 Å². The predicted molar refractivity (Wildman–Crippen MR) is 82.7 cm³/mol. The van der Waals surface area contributed by atoms with Crippen molar-refractivity contribution in [1.82, 2.24) is 9.78 Å². The molecule has 3 rings (SSSR count). The number of hydrogen-bond acceptors (Lipinski definition) is 2. The third-order valence-electron chi connectivity index (χ3n) is 3.97. The van der Waals surface area contributed by atoms with Crippen molar-refractivity contribution in [3.8, 4) is 0 Å². The number of nitrogens with zero attached hydrogens (tertiary/aromatic N) is 2. The molecule has 3 nitrogen and oxygen atoms in total. The van der Waals surface area contributed by atoms with Crippen LogP contribution >= 0.6 is 15.9 Å². The number of aliphatic hydroxyl groups excluding tert-OH is 1. The SMILES string of the molecule is CCCn1ncc(Br)c1C(O)c1ccc2c(c1)CCC2. The van der Waals surface area contributed by atoms with E-state index in [1.165, 1.54) is 24.0 Å². The number of benzene rings is 1. The Hall–Kier alpha value is -1.13. The molecule has 0 aliphatic heterocycles. The van der Waals surface area contributed by atoms with Gasteiger partial charge in [0.25, 0.3) is 0 Å². The Bertz CT molecular complexity index is 621. The largest absolute Gasteiger partial charge is 0.382 e. The molecule has 0 saturated carbocycles. The van der Waals surface area contributed by atoms with Crippen LogP contribution in [0.1, 0.15) is 48.3 Å². The fraction of sp³-hybridized carbons (Fsp3) is 0.438. The number of halogens is 1. The van der Waals surface area contributed by atoms with Gasteiger partial charge in [-0.15, -0.1) is 0 Å². The standard InChI is InChI=1S/C16H19BrN2O/c1-2-8-19-15(14(17)10-18-19)16(20)13-7-6-11-4-3-5-12(11)9-13/h6-7,9-10,16,20H,2-5,8H2,1H3. The van der Waals surface area contributed by atoms with Crippen LogP contribution < -0.4 is 0 Å². The summed E-state index contributed by atoms with van der Waals surface area (Å²) in [6.07, 6.45) is 5.67. The van der Waals surface area contributed by atoms with E-state index in [9.17, 15) is 5.11 Å². The molecule has 20 heavy (non-hydrogen) atoms. The van der Waals surface area contributed by atoms with E-state index in [4.69, 9.17) is 0 Å². The highest BCUT2D eigenvalue weighted by molar-refractivity contribution is 9.10. The highest BCUT2D eigenvalue weighted by atomic mass is 79.9. The van der Waals surface area contributed by atoms with Crippen LogP contribution in [-0.4, -0.2) is 14.9 Å². The maximum Gasteiger partial charge on any atom is 0.122 e. The average Bonchev–Trinajstić information content (AvgIpc) is 3.04. The second-order valence-electron chi connectivity index (χ2n) is 5.39. The van der Waals surface area contributed by atoms with Gasteiger partial charge in [-0.3, -0.25) is 4.68 Å². The van der Waals surface area contributed by atoms with Crippen LogP contribution in [-0.2, 0) is 19.4 Å². The third-order valence-corrected chi connectivity index (χ3v) is 4.58. The van der Waals surface area contributed by atoms with Crippen molar-refractivity contribution in [3.05, 3.63) is 51.3 Å². The first-order valence-corrected chi connectivity index (χ1v) is 8.01. The summed E-state index contributed by atoms with van der Waals surface area (Å²) < 4.78 is 2.76. The lowest BCUT2D eigenvalue weighted by Crippen LogP contribution is -2.11. The van der Waals surface area contributed by atoms with Gasteiger partial charge in [-0.05, 0) is 58.3 Å². The smallest absolute Gasteiger partial charge is 0.122 e. The van der Waals surface area contributed by atoms with Crippen molar-refractivity contribution >= 4 is 15.9 Å². The molecule has 0 saturated heterocycles. The van der Waals surface area contributed by atoms with Crippen molar-refractivity contribution in [3.63, 3.8) is 0 Å². The van der Waals surface area contributed by atoms with E-state index >= 15 is 0 Å². The number of rotatable bonds is 4. The maximum atomic E-state index is 10.7. The molecule has 4 heteroatoms. The molecule has 1 N–H and O–H groups in total. The zero-order chi connectivity index (χ0) is 14.1. The third kappa shape index (κ3) is 2.42. The number of aryl methyl sites for hydroxylation is 3. The van der Waals surface area contributed by atoms with Crippen molar-refractivity contribution in [2.45, 2.75) is 45.3 Å². The van der Waals surface area contributed by atoms with E-state index in [0.717, 1.165) is 35.1 Å². The maximum absolute atomic E-state index is 10.7. The lowest BCUT2D eigenvalue weighted by molar-refractivity contribution is 0.206. The van der Waals surface area contributed by atoms with Gasteiger partial charge in [-0.1, -0.05) is 25.1 Å². The van der Waals surface area contributed by atoms with Crippen LogP contribution in [0.4, 0.5) is 0 Å². The molecule has 1 aliphatic rings. The summed E-state index contributed by atoms with van der Waals surface area (Å²) >= 11 is 3.50. The zero-order valence-electron chi connectivity index (χ0n) is 11.6. The summed E-state index contributed by atoms with van der Waals surface area (Å²) in [4.78, 5) is 0. The fourth-order valence-electron chi connectivity index (χ4n) is 2.95. The van der Waals surface area contributed by atoms with E-state index in [1.807, 2.05) is 10.7 Å². The van der Waals surface area contributed by atoms with Gasteiger partial charge in [0.2, 0.25) is 0 Å². The Morgan fingerprint density at radius 3 is 2.95 bits per heavy atom. The minimum Gasteiger partial charge on any atom is -0.382 e. The van der Waals surface area contributed by atoms with Gasteiger partial charge in [-0.25, -0.2) is 0 Å². The topological polar surface area (TPSA) is 38.0 Å². The predicted octanol–water partition coefficient (Wildman–Crippen LogP) is 3.63. The molecular formula is C16H19BrN2O. The zero-order valence-corrected chi connectivity index (χ0v) is 13.2. The van der Waals surface area contributed by atoms with Crippen molar-refractivity contribution in [1.29, 1.82) is 0 Å². The first kappa shape index (κ1) is 13.8. The van der Waals surface area contributed by atoms with Gasteiger partial charge in [0, 0.05) is 6.54 Å². The van der Waals surface area contributed by atoms with E-state index < -0.39 is 6.10 Å². The van der Waals surface area contributed by atoms with E-state index in [1.54, 1.807) is 6.20 Å². The van der Waals surface area contributed by atoms with Crippen molar-refractivity contribution < 1.29 is 5.11 Å². The summed E-state index contributed by atoms with van der Waals surface area (Å²) in [7, 11) is 0. The second kappa shape index (κ2) is 5.70. The first-order chi connectivity index (χ1) is 9.70. The van der Waals surface area contributed by atoms with Crippen LogP contribution in [0.15, 0.2) is 28.9 Å². The van der Waals surface area contributed by atoms with Gasteiger partial charge in [-0.2, -0.15) is 5.10 Å². The molecule has 1 aromatic carbocycles. The molecule has 106 valence electrons. The summed E-state index contributed by atoms with van der Waals surface area (Å²) in [6.45, 7) is 2.93. The van der Waals surface area contributed by atoms with Crippen LogP contribution in [0.3, 0.4) is 0 Å². The first-order valence-electron chi connectivity index (χ1n) is 7.21. The average molecular weight is 335 g/mol. The minimum atomic E-state index is -0.621. The molecule has 1 aliphatic carbocycles. The molecule has 0 radical (unpaired) electrons. The number of fused-ring (bicyclic) bond motifs is 1. The summed E-state index contributed by atoms with van der Waals surface area (Å²) in [5.41, 5.74) is 4.63. The molecule has 1 heterocycles. The molecule has 0 amide bonds. The molecule has 1 atom stereocenters. The van der Waals surface area contributed by atoms with Crippen molar-refractivity contribution in [2.75, 3.05) is 0 Å². The Morgan fingerprint density at radius 1 is 1.35 bits per heavy atom. The van der Waals surface area contributed by atoms with Gasteiger partial charge < -0.3 is 5.11 Å². The monoisotopic (exact) mass is 334 g/mol. The highest BCUT2D eigenvalue weighted by Gasteiger charge is 2.21. The fourth-order valence-corrected chi connectivity index (χ4v) is 3.47. The van der Waals surface area contributed by atoms with Gasteiger partial charge in [0.05, 0.1) is 16.4 Å². The van der Waals surface area contributed by atoms with E-state index in [-0.39, 0.29) is 0 Å². The lowest BCUT2D eigenvalue weighted by atomic mass is 10.0. The van der Waals surface area contributed by atoms with Gasteiger partial charge in [0.1, 0.15) is 6.10 Å². The quantitative estimate of drug-likeness (QED) is 0.927. The van der Waals surface area contributed by atoms with Crippen molar-refractivity contribution in [2.24, 2.45) is 0 Å². The number of aromatic nitrogens is 2. The molecular weight excluding hydrogens is 316 g/mol. The Morgan fingerprint density at radius 2 is 2.15 bits per heavy atom. The molecule has 0 spiro atoms. The highest BCUT2D eigenvalue weighted by Crippen LogP contribution is 2.31. The summed E-state index contributed by atoms with van der Waals surface area (Å²) in [5, 5.41) is 15.0. The Balaban J connectivity index is 1.96. The lowest BCUT2D eigenvalue weighted by Gasteiger charge is -2.15. The van der Waals surface area contributed by atoms with Gasteiger partial charge in [0.15, 0.2) is 0 Å². The van der Waals surface area contributed by atoms with Gasteiger partial charge >= 0.3 is 0 Å². The molecule has 1 aromatic heterocycles. The molecule has 0 fully saturated rings. The normalized spacial score (nSPS) is 15.3. The summed E-state index contributed by atoms with van der Waals surface area (Å²) in [5.74, 6) is 0. The molecule has 2 aromatic rings. The van der Waals surface area contributed by atoms with Crippen LogP contribution in [0.5, 0.6) is 0 Å².